The molecular formula is C34H37N3O6. The van der Waals surface area contributed by atoms with Gasteiger partial charge in [0, 0.05) is 6.42 Å². The SMILES string of the molecule is COc1nc(C[C@@H]2O[C@H](COC(c3ccccc3)(c3ccccc3)c3ccccc3)[C@H]3OC(C)(C)O[C@H]32)c(N)c(OC)n1. The van der Waals surface area contributed by atoms with E-state index in [9.17, 15) is 0 Å². The predicted octanol–water partition coefficient (Wildman–Crippen LogP) is 4.91. The van der Waals surface area contributed by atoms with Crippen LogP contribution in [0.3, 0.4) is 0 Å². The fourth-order valence-corrected chi connectivity index (χ4v) is 6.11. The van der Waals surface area contributed by atoms with Gasteiger partial charge in [-0.15, -0.1) is 0 Å². The quantitative estimate of drug-likeness (QED) is 0.261. The number of nitrogen functional groups attached to an aromatic ring is 1. The molecule has 2 N–H and O–H groups in total. The van der Waals surface area contributed by atoms with E-state index in [2.05, 4.69) is 46.4 Å². The summed E-state index contributed by atoms with van der Waals surface area (Å²) in [4.78, 5) is 8.69. The Labute approximate surface area is 251 Å². The van der Waals surface area contributed by atoms with Crippen molar-refractivity contribution in [3.63, 3.8) is 0 Å². The van der Waals surface area contributed by atoms with Gasteiger partial charge in [-0.1, -0.05) is 91.0 Å². The number of hydrogen-bond donors (Lipinski definition) is 1. The van der Waals surface area contributed by atoms with E-state index in [1.165, 1.54) is 14.2 Å². The number of nitrogens with zero attached hydrogens (tertiary/aromatic N) is 2. The number of ether oxygens (including phenoxy) is 6. The minimum Gasteiger partial charge on any atom is -0.479 e. The lowest BCUT2D eigenvalue weighted by Crippen LogP contribution is -2.39. The van der Waals surface area contributed by atoms with Gasteiger partial charge in [0.15, 0.2) is 5.79 Å². The molecule has 0 spiro atoms. The summed E-state index contributed by atoms with van der Waals surface area (Å²) in [6.07, 6.45) is -1.23. The molecule has 2 aliphatic heterocycles. The van der Waals surface area contributed by atoms with Gasteiger partial charge in [-0.25, -0.2) is 0 Å². The first-order valence-electron chi connectivity index (χ1n) is 14.4. The van der Waals surface area contributed by atoms with Gasteiger partial charge in [0.2, 0.25) is 5.88 Å². The highest BCUT2D eigenvalue weighted by atomic mass is 16.8. The normalized spacial score (nSPS) is 22.7. The molecule has 0 aliphatic carbocycles. The Bertz CT molecular complexity index is 1420. The van der Waals surface area contributed by atoms with Crippen molar-refractivity contribution in [2.75, 3.05) is 26.6 Å². The molecule has 1 aromatic heterocycles. The number of benzene rings is 3. The third-order valence-corrected chi connectivity index (χ3v) is 7.99. The highest BCUT2D eigenvalue weighted by Gasteiger charge is 2.56. The zero-order valence-electron chi connectivity index (χ0n) is 24.8. The molecule has 3 heterocycles. The summed E-state index contributed by atoms with van der Waals surface area (Å²) in [5.74, 6) is -0.545. The van der Waals surface area contributed by atoms with Crippen LogP contribution in [0.25, 0.3) is 0 Å². The molecule has 6 rings (SSSR count). The largest absolute Gasteiger partial charge is 0.479 e. The standard InChI is InChI=1S/C34H37N3O6/c1-33(2)42-29-26(20-25-28(35)31(38-3)37-32(36-25)39-4)41-27(30(29)43-33)21-40-34(22-14-8-5-9-15-22,23-16-10-6-11-17-23)24-18-12-7-13-19-24/h5-19,26-27,29-30H,20-21,35H2,1-4H3/t26-,27+,29-,30+/m0/s1. The van der Waals surface area contributed by atoms with Crippen molar-refractivity contribution in [1.29, 1.82) is 0 Å². The van der Waals surface area contributed by atoms with Crippen molar-refractivity contribution in [2.45, 2.75) is 56.1 Å². The van der Waals surface area contributed by atoms with Crippen LogP contribution in [0, 0.1) is 0 Å². The number of hydrogen-bond acceptors (Lipinski definition) is 9. The highest BCUT2D eigenvalue weighted by molar-refractivity contribution is 5.53. The minimum atomic E-state index is -0.895. The van der Waals surface area contributed by atoms with E-state index >= 15 is 0 Å². The van der Waals surface area contributed by atoms with Crippen LogP contribution in [0.5, 0.6) is 11.9 Å². The van der Waals surface area contributed by atoms with Crippen LogP contribution in [0.2, 0.25) is 0 Å². The lowest BCUT2D eigenvalue weighted by atomic mass is 9.80. The summed E-state index contributed by atoms with van der Waals surface area (Å²) < 4.78 is 37.2. The van der Waals surface area contributed by atoms with E-state index in [1.54, 1.807) is 0 Å². The van der Waals surface area contributed by atoms with Crippen molar-refractivity contribution >= 4 is 5.69 Å². The van der Waals surface area contributed by atoms with Crippen molar-refractivity contribution in [2.24, 2.45) is 0 Å². The fourth-order valence-electron chi connectivity index (χ4n) is 6.11. The van der Waals surface area contributed by atoms with Crippen molar-refractivity contribution in [1.82, 2.24) is 9.97 Å². The predicted molar refractivity (Wildman–Crippen MR) is 161 cm³/mol. The third kappa shape index (κ3) is 5.57. The summed E-state index contributed by atoms with van der Waals surface area (Å²) >= 11 is 0. The van der Waals surface area contributed by atoms with Crippen LogP contribution in [-0.4, -0.2) is 61.0 Å². The highest BCUT2D eigenvalue weighted by Crippen LogP contribution is 2.44. The molecule has 0 unspecified atom stereocenters. The molecule has 9 nitrogen and oxygen atoms in total. The van der Waals surface area contributed by atoms with Gasteiger partial charge >= 0.3 is 6.01 Å². The topological polar surface area (TPSA) is 107 Å². The van der Waals surface area contributed by atoms with Crippen LogP contribution >= 0.6 is 0 Å². The van der Waals surface area contributed by atoms with Crippen molar-refractivity contribution in [3.8, 4) is 11.9 Å². The maximum absolute atomic E-state index is 7.09. The Hall–Kier alpha value is -4.02. The molecule has 0 bridgehead atoms. The van der Waals surface area contributed by atoms with Crippen LogP contribution in [0.1, 0.15) is 36.2 Å². The first-order chi connectivity index (χ1) is 20.8. The number of rotatable bonds is 10. The zero-order chi connectivity index (χ0) is 30.0. The average molecular weight is 584 g/mol. The average Bonchev–Trinajstić information content (AvgIpc) is 3.52. The Morgan fingerprint density at radius 3 is 1.74 bits per heavy atom. The van der Waals surface area contributed by atoms with E-state index in [0.717, 1.165) is 16.7 Å². The van der Waals surface area contributed by atoms with Gasteiger partial charge in [-0.2, -0.15) is 9.97 Å². The summed E-state index contributed by atoms with van der Waals surface area (Å²) in [5.41, 5.74) is 9.39. The van der Waals surface area contributed by atoms with Gasteiger partial charge in [-0.3, -0.25) is 0 Å². The second kappa shape index (κ2) is 11.9. The Kier molecular flexibility index (Phi) is 8.07. The molecule has 0 radical (unpaired) electrons. The molecule has 3 aromatic carbocycles. The second-order valence-corrected chi connectivity index (χ2v) is 11.2. The molecule has 43 heavy (non-hydrogen) atoms. The second-order valence-electron chi connectivity index (χ2n) is 11.2. The zero-order valence-corrected chi connectivity index (χ0v) is 24.8. The van der Waals surface area contributed by atoms with Crippen molar-refractivity contribution in [3.05, 3.63) is 113 Å². The lowest BCUT2D eigenvalue weighted by Gasteiger charge is -2.37. The number of methoxy groups -OCH3 is 2. The summed E-state index contributed by atoms with van der Waals surface area (Å²) in [6, 6.07) is 30.9. The molecule has 2 fully saturated rings. The van der Waals surface area contributed by atoms with E-state index in [4.69, 9.17) is 34.2 Å². The third-order valence-electron chi connectivity index (χ3n) is 7.99. The summed E-state index contributed by atoms with van der Waals surface area (Å²) in [6.45, 7) is 4.06. The molecule has 0 saturated carbocycles. The minimum absolute atomic E-state index is 0.165. The number of anilines is 1. The monoisotopic (exact) mass is 583 g/mol. The Morgan fingerprint density at radius 2 is 1.26 bits per heavy atom. The maximum atomic E-state index is 7.09. The summed E-state index contributed by atoms with van der Waals surface area (Å²) in [5, 5.41) is 0. The van der Waals surface area contributed by atoms with Crippen LogP contribution in [0.4, 0.5) is 5.69 Å². The lowest BCUT2D eigenvalue weighted by molar-refractivity contribution is -0.195. The first kappa shape index (κ1) is 29.1. The molecule has 0 amide bonds. The number of nitrogens with two attached hydrogens (primary N) is 1. The van der Waals surface area contributed by atoms with Crippen LogP contribution in [0.15, 0.2) is 91.0 Å². The molecule has 4 aromatic rings. The molecule has 224 valence electrons. The van der Waals surface area contributed by atoms with Gasteiger partial charge in [0.25, 0.3) is 0 Å². The van der Waals surface area contributed by atoms with Gasteiger partial charge in [0.1, 0.15) is 29.6 Å². The maximum Gasteiger partial charge on any atom is 0.319 e. The fraction of sp³-hybridized carbons (Fsp3) is 0.353. The molecule has 2 saturated heterocycles. The number of fused-ring (bicyclic) bond motifs is 1. The van der Waals surface area contributed by atoms with E-state index in [1.807, 2.05) is 68.4 Å². The van der Waals surface area contributed by atoms with E-state index < -0.39 is 23.6 Å². The van der Waals surface area contributed by atoms with E-state index in [-0.39, 0.29) is 30.7 Å². The van der Waals surface area contributed by atoms with Gasteiger partial charge in [-0.05, 0) is 30.5 Å². The molecule has 9 heteroatoms. The van der Waals surface area contributed by atoms with E-state index in [0.29, 0.717) is 17.8 Å². The van der Waals surface area contributed by atoms with Gasteiger partial charge < -0.3 is 34.2 Å². The van der Waals surface area contributed by atoms with Gasteiger partial charge in [0.05, 0.1) is 32.6 Å². The number of aromatic nitrogens is 2. The molecule has 2 aliphatic rings. The Balaban J connectivity index is 1.35. The van der Waals surface area contributed by atoms with Crippen molar-refractivity contribution < 1.29 is 28.4 Å². The summed E-state index contributed by atoms with van der Waals surface area (Å²) in [7, 11) is 3.01. The molecule has 4 atom stereocenters. The Morgan fingerprint density at radius 1 is 0.744 bits per heavy atom. The smallest absolute Gasteiger partial charge is 0.319 e. The van der Waals surface area contributed by atoms with Crippen LogP contribution in [-0.2, 0) is 31.0 Å². The van der Waals surface area contributed by atoms with Crippen LogP contribution < -0.4 is 15.2 Å². The molecular weight excluding hydrogens is 546 g/mol. The first-order valence-corrected chi connectivity index (χ1v) is 14.4.